The molecule has 0 bridgehead atoms. The number of rotatable bonds is 5. The second kappa shape index (κ2) is 10.7. The number of hydrogen-bond donors (Lipinski definition) is 2. The summed E-state index contributed by atoms with van der Waals surface area (Å²) in [5.41, 5.74) is 3.94. The number of esters is 1. The normalized spacial score (nSPS) is 13.4. The summed E-state index contributed by atoms with van der Waals surface area (Å²) in [5, 5.41) is 7.46. The zero-order valence-corrected chi connectivity index (χ0v) is 19.1. The summed E-state index contributed by atoms with van der Waals surface area (Å²) in [6.45, 7) is 1.94. The molecule has 0 saturated heterocycles. The molecule has 1 aromatic heterocycles. The fourth-order valence-corrected chi connectivity index (χ4v) is 4.96. The van der Waals surface area contributed by atoms with Crippen molar-refractivity contribution in [2.75, 3.05) is 11.9 Å². The highest BCUT2D eigenvalue weighted by molar-refractivity contribution is 7.17. The molecule has 1 aliphatic rings. The van der Waals surface area contributed by atoms with Crippen LogP contribution >= 0.6 is 34.5 Å². The molecule has 164 valence electrons. The molecular weight excluding hydrogens is 461 g/mol. The van der Waals surface area contributed by atoms with E-state index in [2.05, 4.69) is 15.8 Å². The van der Waals surface area contributed by atoms with E-state index in [1.165, 1.54) is 23.6 Å². The van der Waals surface area contributed by atoms with Crippen molar-refractivity contribution in [3.05, 3.63) is 49.8 Å². The Bertz CT molecular complexity index is 1040. The van der Waals surface area contributed by atoms with E-state index >= 15 is 0 Å². The van der Waals surface area contributed by atoms with Gasteiger partial charge in [-0.3, -0.25) is 9.59 Å². The highest BCUT2D eigenvalue weighted by Gasteiger charge is 2.27. The molecule has 0 aliphatic heterocycles. The van der Waals surface area contributed by atoms with Crippen LogP contribution in [0.5, 0.6) is 0 Å². The van der Waals surface area contributed by atoms with Crippen LogP contribution in [0.2, 0.25) is 10.0 Å². The largest absolute Gasteiger partial charge is 0.462 e. The van der Waals surface area contributed by atoms with Gasteiger partial charge in [-0.25, -0.2) is 10.2 Å². The number of amides is 2. The Morgan fingerprint density at radius 3 is 2.68 bits per heavy atom. The van der Waals surface area contributed by atoms with Crippen molar-refractivity contribution < 1.29 is 19.1 Å². The van der Waals surface area contributed by atoms with Gasteiger partial charge in [0.25, 0.3) is 0 Å². The molecule has 10 heteroatoms. The number of aryl methyl sites for hydroxylation is 1. The van der Waals surface area contributed by atoms with Crippen LogP contribution in [0.3, 0.4) is 0 Å². The zero-order valence-electron chi connectivity index (χ0n) is 16.8. The third kappa shape index (κ3) is 5.84. The van der Waals surface area contributed by atoms with E-state index in [9.17, 15) is 14.4 Å². The number of ether oxygens (including phenoxy) is 1. The van der Waals surface area contributed by atoms with Crippen LogP contribution in [0.15, 0.2) is 23.3 Å². The number of nitrogens with one attached hydrogen (secondary N) is 2. The average molecular weight is 482 g/mol. The molecule has 1 aromatic carbocycles. The fraction of sp³-hybridized carbons (Fsp3) is 0.333. The maximum atomic E-state index is 12.5. The van der Waals surface area contributed by atoms with Crippen LogP contribution in [-0.4, -0.2) is 30.6 Å². The summed E-state index contributed by atoms with van der Waals surface area (Å²) in [6, 6.07) is 4.79. The third-order valence-electron chi connectivity index (χ3n) is 4.67. The maximum Gasteiger partial charge on any atom is 0.341 e. The summed E-state index contributed by atoms with van der Waals surface area (Å²) in [4.78, 5) is 38.2. The van der Waals surface area contributed by atoms with E-state index in [0.29, 0.717) is 26.2 Å². The van der Waals surface area contributed by atoms with Gasteiger partial charge in [0.05, 0.1) is 23.4 Å². The fourth-order valence-electron chi connectivity index (χ4n) is 3.23. The number of benzene rings is 1. The first kappa shape index (κ1) is 23.2. The zero-order chi connectivity index (χ0) is 22.4. The summed E-state index contributed by atoms with van der Waals surface area (Å²) < 4.78 is 5.18. The Hall–Kier alpha value is -2.42. The van der Waals surface area contributed by atoms with Gasteiger partial charge in [0.15, 0.2) is 0 Å². The number of halogens is 2. The van der Waals surface area contributed by atoms with Gasteiger partial charge in [0.2, 0.25) is 0 Å². The van der Waals surface area contributed by atoms with Crippen LogP contribution in [0.25, 0.3) is 0 Å². The second-order valence-electron chi connectivity index (χ2n) is 6.81. The van der Waals surface area contributed by atoms with Gasteiger partial charge < -0.3 is 10.1 Å². The molecule has 2 amide bonds. The Kier molecular flexibility index (Phi) is 8.06. The topological polar surface area (TPSA) is 96.9 Å². The van der Waals surface area contributed by atoms with Crippen LogP contribution in [0, 0.1) is 0 Å². The molecule has 31 heavy (non-hydrogen) atoms. The van der Waals surface area contributed by atoms with Gasteiger partial charge in [-0.1, -0.05) is 35.7 Å². The van der Waals surface area contributed by atoms with Gasteiger partial charge in [0, 0.05) is 15.5 Å². The summed E-state index contributed by atoms with van der Waals surface area (Å²) in [7, 11) is 0. The highest BCUT2D eigenvalue weighted by atomic mass is 35.5. The van der Waals surface area contributed by atoms with Crippen LogP contribution in [0.1, 0.15) is 52.5 Å². The Labute approximate surface area is 193 Å². The van der Waals surface area contributed by atoms with E-state index in [0.717, 1.165) is 42.5 Å². The number of anilines is 1. The van der Waals surface area contributed by atoms with E-state index < -0.39 is 17.8 Å². The molecule has 3 rings (SSSR count). The number of carbonyl (C=O) groups is 3. The standard InChI is InChI=1S/C21H21Cl2N3O4S/c1-2-30-21(29)17-14-6-4-3-5-7-16(14)31-20(17)25-18(27)19(28)26-24-11-12-8-9-13(22)10-15(12)23/h8-11H,2-7H2,1H3,(H,25,27)(H,26,28)/b24-11-. The molecule has 0 saturated carbocycles. The Morgan fingerprint density at radius 1 is 1.16 bits per heavy atom. The molecule has 2 aromatic rings. The molecule has 0 fully saturated rings. The molecule has 0 unspecified atom stereocenters. The van der Waals surface area contributed by atoms with Gasteiger partial charge in [0.1, 0.15) is 5.00 Å². The monoisotopic (exact) mass is 481 g/mol. The first-order valence-corrected chi connectivity index (χ1v) is 11.4. The molecule has 1 heterocycles. The van der Waals surface area contributed by atoms with Crippen molar-refractivity contribution in [3.63, 3.8) is 0 Å². The predicted molar refractivity (Wildman–Crippen MR) is 122 cm³/mol. The number of hydrogen-bond acceptors (Lipinski definition) is 6. The Morgan fingerprint density at radius 2 is 1.94 bits per heavy atom. The molecule has 0 atom stereocenters. The van der Waals surface area contributed by atoms with Crippen molar-refractivity contribution in [2.45, 2.75) is 39.0 Å². The van der Waals surface area contributed by atoms with E-state index in [4.69, 9.17) is 27.9 Å². The van der Waals surface area contributed by atoms with E-state index in [1.807, 2.05) is 0 Å². The average Bonchev–Trinajstić information content (AvgIpc) is 2.90. The lowest BCUT2D eigenvalue weighted by atomic mass is 10.1. The van der Waals surface area contributed by atoms with Gasteiger partial charge in [-0.15, -0.1) is 11.3 Å². The smallest absolute Gasteiger partial charge is 0.341 e. The van der Waals surface area contributed by atoms with E-state index in [-0.39, 0.29) is 6.61 Å². The van der Waals surface area contributed by atoms with Crippen molar-refractivity contribution >= 4 is 63.5 Å². The third-order valence-corrected chi connectivity index (χ3v) is 6.44. The van der Waals surface area contributed by atoms with Crippen LogP contribution < -0.4 is 10.7 Å². The molecule has 2 N–H and O–H groups in total. The minimum absolute atomic E-state index is 0.222. The number of fused-ring (bicyclic) bond motifs is 1. The quantitative estimate of drug-likeness (QED) is 0.214. The molecular formula is C21H21Cl2N3O4S. The van der Waals surface area contributed by atoms with E-state index in [1.54, 1.807) is 19.1 Å². The lowest BCUT2D eigenvalue weighted by molar-refractivity contribution is -0.136. The van der Waals surface area contributed by atoms with Gasteiger partial charge in [-0.05, 0) is 50.3 Å². The second-order valence-corrected chi connectivity index (χ2v) is 8.76. The maximum absolute atomic E-state index is 12.5. The highest BCUT2D eigenvalue weighted by Crippen LogP contribution is 2.38. The van der Waals surface area contributed by atoms with Crippen LogP contribution in [0.4, 0.5) is 5.00 Å². The molecule has 7 nitrogen and oxygen atoms in total. The minimum atomic E-state index is -0.972. The van der Waals surface area contributed by atoms with Crippen molar-refractivity contribution in [1.29, 1.82) is 0 Å². The lowest BCUT2D eigenvalue weighted by Gasteiger charge is -2.08. The summed E-state index contributed by atoms with van der Waals surface area (Å²) in [6.07, 6.45) is 5.96. The predicted octanol–water partition coefficient (Wildman–Crippen LogP) is 4.59. The number of carbonyl (C=O) groups excluding carboxylic acids is 3. The first-order chi connectivity index (χ1) is 14.9. The number of nitrogens with zero attached hydrogens (tertiary/aromatic N) is 1. The molecule has 0 radical (unpaired) electrons. The van der Waals surface area contributed by atoms with Crippen molar-refractivity contribution in [1.82, 2.24) is 5.43 Å². The summed E-state index contributed by atoms with van der Waals surface area (Å²) in [5.74, 6) is -2.39. The minimum Gasteiger partial charge on any atom is -0.462 e. The SMILES string of the molecule is CCOC(=O)c1c(NC(=O)C(=O)N/N=C\c2ccc(Cl)cc2Cl)sc2c1CCCCC2. The van der Waals surface area contributed by atoms with Crippen molar-refractivity contribution in [2.24, 2.45) is 5.10 Å². The van der Waals surface area contributed by atoms with Gasteiger partial charge >= 0.3 is 17.8 Å². The number of thiophene rings is 1. The summed E-state index contributed by atoms with van der Waals surface area (Å²) >= 11 is 13.2. The molecule has 0 spiro atoms. The Balaban J connectivity index is 1.72. The first-order valence-electron chi connectivity index (χ1n) is 9.81. The van der Waals surface area contributed by atoms with Crippen LogP contribution in [-0.2, 0) is 27.2 Å². The van der Waals surface area contributed by atoms with Gasteiger partial charge in [-0.2, -0.15) is 5.10 Å². The molecule has 1 aliphatic carbocycles. The number of hydrazone groups is 1. The van der Waals surface area contributed by atoms with Crippen molar-refractivity contribution in [3.8, 4) is 0 Å². The lowest BCUT2D eigenvalue weighted by Crippen LogP contribution is -2.32.